The molecule has 10 heteroatoms. The van der Waals surface area contributed by atoms with E-state index in [0.29, 0.717) is 12.3 Å². The highest BCUT2D eigenvalue weighted by atomic mass is 16.1. The highest BCUT2D eigenvalue weighted by Crippen LogP contribution is 2.18. The number of aromatic nitrogens is 7. The highest BCUT2D eigenvalue weighted by Gasteiger charge is 2.20. The molecule has 4 aromatic heterocycles. The molecule has 5 heterocycles. The minimum absolute atomic E-state index is 0.0906. The van der Waals surface area contributed by atoms with Crippen LogP contribution in [-0.2, 0) is 6.54 Å². The molecule has 1 saturated heterocycles. The van der Waals surface area contributed by atoms with Gasteiger partial charge in [-0.1, -0.05) is 0 Å². The van der Waals surface area contributed by atoms with Gasteiger partial charge in [-0.2, -0.15) is 19.7 Å². The Balaban J connectivity index is 1.24. The van der Waals surface area contributed by atoms with Crippen LogP contribution in [0.4, 0.5) is 5.82 Å². The average Bonchev–Trinajstić information content (AvgIpc) is 3.27. The van der Waals surface area contributed by atoms with E-state index in [2.05, 4.69) is 34.9 Å². The van der Waals surface area contributed by atoms with Crippen LogP contribution in [0.25, 0.3) is 17.0 Å². The van der Waals surface area contributed by atoms with Gasteiger partial charge in [0.15, 0.2) is 0 Å². The molecule has 0 aliphatic carbocycles. The van der Waals surface area contributed by atoms with Crippen molar-refractivity contribution in [2.75, 3.05) is 37.6 Å². The predicted octanol–water partition coefficient (Wildman–Crippen LogP) is 0.874. The monoisotopic (exact) mass is 417 g/mol. The summed E-state index contributed by atoms with van der Waals surface area (Å²) in [7, 11) is 0. The van der Waals surface area contributed by atoms with Gasteiger partial charge in [-0.3, -0.25) is 14.7 Å². The molecule has 0 unspecified atom stereocenters. The van der Waals surface area contributed by atoms with Gasteiger partial charge in [-0.05, 0) is 25.1 Å². The van der Waals surface area contributed by atoms with E-state index in [-0.39, 0.29) is 5.56 Å². The van der Waals surface area contributed by atoms with Crippen LogP contribution in [-0.4, -0.2) is 72.0 Å². The maximum atomic E-state index is 12.3. The molecule has 1 aliphatic heterocycles. The summed E-state index contributed by atoms with van der Waals surface area (Å²) in [5.41, 5.74) is 2.49. The van der Waals surface area contributed by atoms with Crippen LogP contribution in [0.1, 0.15) is 5.69 Å². The van der Waals surface area contributed by atoms with E-state index >= 15 is 0 Å². The lowest BCUT2D eigenvalue weighted by Crippen LogP contribution is -2.48. The van der Waals surface area contributed by atoms with Crippen molar-refractivity contribution in [3.63, 3.8) is 0 Å². The highest BCUT2D eigenvalue weighted by molar-refractivity contribution is 5.56. The Morgan fingerprint density at radius 1 is 1.06 bits per heavy atom. The van der Waals surface area contributed by atoms with Crippen LogP contribution < -0.4 is 10.5 Å². The third-order valence-corrected chi connectivity index (χ3v) is 5.51. The fraction of sp³-hybridized carbons (Fsp3) is 0.333. The smallest absolute Gasteiger partial charge is 0.266 e. The molecular weight excluding hydrogens is 394 g/mol. The van der Waals surface area contributed by atoms with Crippen molar-refractivity contribution >= 4 is 11.6 Å². The lowest BCUT2D eigenvalue weighted by molar-refractivity contribution is 0.242. The molecule has 0 spiro atoms. The second-order valence-corrected chi connectivity index (χ2v) is 7.58. The van der Waals surface area contributed by atoms with Crippen molar-refractivity contribution in [2.24, 2.45) is 0 Å². The number of fused-ring (bicyclic) bond motifs is 1. The fourth-order valence-corrected chi connectivity index (χ4v) is 3.85. The van der Waals surface area contributed by atoms with Gasteiger partial charge in [0.1, 0.15) is 12.1 Å². The summed E-state index contributed by atoms with van der Waals surface area (Å²) in [6, 6.07) is 9.17. The first-order valence-corrected chi connectivity index (χ1v) is 10.3. The van der Waals surface area contributed by atoms with Gasteiger partial charge >= 0.3 is 0 Å². The lowest BCUT2D eigenvalue weighted by atomic mass is 10.2. The molecule has 1 fully saturated rings. The Labute approximate surface area is 178 Å². The maximum absolute atomic E-state index is 12.3. The minimum Gasteiger partial charge on any atom is -0.354 e. The van der Waals surface area contributed by atoms with Crippen molar-refractivity contribution in [2.45, 2.75) is 13.5 Å². The van der Waals surface area contributed by atoms with Gasteiger partial charge in [-0.25, -0.2) is 9.67 Å². The van der Waals surface area contributed by atoms with Crippen LogP contribution >= 0.6 is 0 Å². The summed E-state index contributed by atoms with van der Waals surface area (Å²) in [6.07, 6.45) is 5.01. The molecule has 0 atom stereocenters. The summed E-state index contributed by atoms with van der Waals surface area (Å²) in [6.45, 7) is 6.83. The van der Waals surface area contributed by atoms with Crippen LogP contribution in [0, 0.1) is 6.92 Å². The number of nitrogens with zero attached hydrogens (tertiary/aromatic N) is 9. The Bertz CT molecular complexity index is 1240. The van der Waals surface area contributed by atoms with Crippen molar-refractivity contribution in [3.8, 4) is 11.3 Å². The average molecular weight is 417 g/mol. The first kappa shape index (κ1) is 19.3. The quantitative estimate of drug-likeness (QED) is 0.472. The molecule has 158 valence electrons. The maximum Gasteiger partial charge on any atom is 0.266 e. The van der Waals surface area contributed by atoms with Crippen molar-refractivity contribution in [3.05, 3.63) is 65.1 Å². The zero-order chi connectivity index (χ0) is 21.2. The molecule has 0 saturated carbocycles. The molecule has 0 bridgehead atoms. The van der Waals surface area contributed by atoms with E-state index in [0.717, 1.165) is 55.5 Å². The van der Waals surface area contributed by atoms with Gasteiger partial charge in [0.2, 0.25) is 0 Å². The third kappa shape index (κ3) is 4.02. The molecule has 1 aliphatic rings. The standard InChI is InChI=1S/C21H23N9O/c1-16-13-19(30-21(25-16)23-15-24-30)28-10-7-27(8-11-28)9-12-29-20(31)5-4-18(26-29)17-3-2-6-22-14-17/h2-6,13-15H,7-12H2,1H3. The fourth-order valence-electron chi connectivity index (χ4n) is 3.85. The molecule has 0 N–H and O–H groups in total. The van der Waals surface area contributed by atoms with Crippen molar-refractivity contribution in [1.29, 1.82) is 0 Å². The predicted molar refractivity (Wildman–Crippen MR) is 116 cm³/mol. The van der Waals surface area contributed by atoms with E-state index in [9.17, 15) is 4.79 Å². The number of hydrogen-bond acceptors (Lipinski definition) is 8. The van der Waals surface area contributed by atoms with Crippen LogP contribution in [0.15, 0.2) is 53.8 Å². The molecule has 31 heavy (non-hydrogen) atoms. The zero-order valence-electron chi connectivity index (χ0n) is 17.3. The molecule has 5 rings (SSSR count). The number of aryl methyl sites for hydroxylation is 1. The molecule has 0 aromatic carbocycles. The van der Waals surface area contributed by atoms with Gasteiger partial charge in [0, 0.05) is 68.5 Å². The van der Waals surface area contributed by atoms with E-state index < -0.39 is 0 Å². The number of hydrogen-bond donors (Lipinski definition) is 0. The van der Waals surface area contributed by atoms with Gasteiger partial charge < -0.3 is 4.90 Å². The van der Waals surface area contributed by atoms with E-state index in [4.69, 9.17) is 0 Å². The van der Waals surface area contributed by atoms with Crippen molar-refractivity contribution in [1.82, 2.24) is 39.2 Å². The van der Waals surface area contributed by atoms with Gasteiger partial charge in [0.05, 0.1) is 12.2 Å². The normalized spacial score (nSPS) is 14.9. The zero-order valence-corrected chi connectivity index (χ0v) is 17.3. The topological polar surface area (TPSA) is 97.3 Å². The second-order valence-electron chi connectivity index (χ2n) is 7.58. The summed E-state index contributed by atoms with van der Waals surface area (Å²) in [5, 5.41) is 8.84. The van der Waals surface area contributed by atoms with Gasteiger partial charge in [-0.15, -0.1) is 0 Å². The van der Waals surface area contributed by atoms with Crippen molar-refractivity contribution < 1.29 is 0 Å². The van der Waals surface area contributed by atoms with Gasteiger partial charge in [0.25, 0.3) is 11.3 Å². The Morgan fingerprint density at radius 2 is 1.94 bits per heavy atom. The van der Waals surface area contributed by atoms with E-state index in [1.54, 1.807) is 33.7 Å². The number of anilines is 1. The van der Waals surface area contributed by atoms with E-state index in [1.807, 2.05) is 25.1 Å². The molecule has 0 radical (unpaired) electrons. The molecule has 10 nitrogen and oxygen atoms in total. The number of pyridine rings is 1. The van der Waals surface area contributed by atoms with E-state index in [1.165, 1.54) is 6.33 Å². The summed E-state index contributed by atoms with van der Waals surface area (Å²) >= 11 is 0. The number of rotatable bonds is 5. The Hall–Kier alpha value is -3.66. The Kier molecular flexibility index (Phi) is 5.13. The first-order chi connectivity index (χ1) is 15.2. The van der Waals surface area contributed by atoms with Crippen LogP contribution in [0.2, 0.25) is 0 Å². The largest absolute Gasteiger partial charge is 0.354 e. The molecule has 4 aromatic rings. The SMILES string of the molecule is Cc1cc(N2CCN(CCn3nc(-c4cccnc4)ccc3=O)CC2)n2ncnc2n1. The molecule has 0 amide bonds. The minimum atomic E-state index is -0.0906. The Morgan fingerprint density at radius 3 is 2.74 bits per heavy atom. The summed E-state index contributed by atoms with van der Waals surface area (Å²) in [4.78, 5) is 29.7. The second kappa shape index (κ2) is 8.23. The first-order valence-electron chi connectivity index (χ1n) is 10.3. The lowest BCUT2D eigenvalue weighted by Gasteiger charge is -2.35. The van der Waals surface area contributed by atoms with Crippen LogP contribution in [0.3, 0.4) is 0 Å². The molecular formula is C21H23N9O. The number of piperazine rings is 1. The summed E-state index contributed by atoms with van der Waals surface area (Å²) in [5.74, 6) is 1.64. The third-order valence-electron chi connectivity index (χ3n) is 5.51. The summed E-state index contributed by atoms with van der Waals surface area (Å²) < 4.78 is 3.33. The van der Waals surface area contributed by atoms with Crippen LogP contribution in [0.5, 0.6) is 0 Å².